The van der Waals surface area contributed by atoms with Crippen molar-refractivity contribution in [1.82, 2.24) is 5.32 Å². The molecular weight excluding hydrogens is 222 g/mol. The van der Waals surface area contributed by atoms with Gasteiger partial charge in [0.25, 0.3) is 5.91 Å². The molecule has 2 amide bonds. The lowest BCUT2D eigenvalue weighted by molar-refractivity contribution is -0.128. The van der Waals surface area contributed by atoms with Crippen molar-refractivity contribution < 1.29 is 14.3 Å². The van der Waals surface area contributed by atoms with E-state index in [-0.39, 0.29) is 6.61 Å². The number of amides is 2. The van der Waals surface area contributed by atoms with Gasteiger partial charge < -0.3 is 21.5 Å². The van der Waals surface area contributed by atoms with E-state index in [0.717, 1.165) is 0 Å². The van der Waals surface area contributed by atoms with Gasteiger partial charge >= 0.3 is 0 Å². The van der Waals surface area contributed by atoms with Gasteiger partial charge in [-0.15, -0.1) is 0 Å². The third-order valence-corrected chi connectivity index (χ3v) is 2.08. The average molecular weight is 237 g/mol. The molecule has 0 saturated heterocycles. The maximum absolute atomic E-state index is 11.4. The third kappa shape index (κ3) is 4.02. The van der Waals surface area contributed by atoms with Gasteiger partial charge in [0.2, 0.25) is 5.91 Å². The van der Waals surface area contributed by atoms with Crippen molar-refractivity contribution in [3.8, 4) is 5.75 Å². The topological polar surface area (TPSA) is 107 Å². The highest BCUT2D eigenvalue weighted by atomic mass is 16.5. The first kappa shape index (κ1) is 12.8. The molecule has 0 spiro atoms. The number of hydrogen-bond acceptors (Lipinski definition) is 4. The van der Waals surface area contributed by atoms with Crippen molar-refractivity contribution in [3.05, 3.63) is 24.3 Å². The molecule has 0 aromatic heterocycles. The zero-order chi connectivity index (χ0) is 12.8. The second-order valence-corrected chi connectivity index (χ2v) is 3.52. The molecule has 17 heavy (non-hydrogen) atoms. The van der Waals surface area contributed by atoms with Crippen LogP contribution in [-0.4, -0.2) is 24.5 Å². The summed E-state index contributed by atoms with van der Waals surface area (Å²) >= 11 is 0. The molecule has 6 nitrogen and oxygen atoms in total. The van der Waals surface area contributed by atoms with Gasteiger partial charge in [0.05, 0.1) is 5.69 Å². The lowest BCUT2D eigenvalue weighted by atomic mass is 10.3. The van der Waals surface area contributed by atoms with Crippen LogP contribution in [0.2, 0.25) is 0 Å². The molecule has 1 rings (SSSR count). The van der Waals surface area contributed by atoms with Crippen LogP contribution < -0.4 is 21.5 Å². The fourth-order valence-electron chi connectivity index (χ4n) is 1.11. The fraction of sp³-hybridized carbons (Fsp3) is 0.273. The second kappa shape index (κ2) is 5.74. The van der Waals surface area contributed by atoms with Crippen molar-refractivity contribution in [2.24, 2.45) is 5.73 Å². The number of ether oxygens (including phenoxy) is 1. The van der Waals surface area contributed by atoms with E-state index in [1.54, 1.807) is 24.3 Å². The summed E-state index contributed by atoms with van der Waals surface area (Å²) in [6, 6.07) is 6.10. The Morgan fingerprint density at radius 3 is 2.65 bits per heavy atom. The molecule has 0 bridgehead atoms. The van der Waals surface area contributed by atoms with Crippen LogP contribution in [-0.2, 0) is 9.59 Å². The first-order valence-corrected chi connectivity index (χ1v) is 5.06. The van der Waals surface area contributed by atoms with Crippen LogP contribution >= 0.6 is 0 Å². The zero-order valence-electron chi connectivity index (χ0n) is 9.47. The molecule has 92 valence electrons. The van der Waals surface area contributed by atoms with Gasteiger partial charge in [0.1, 0.15) is 11.8 Å². The predicted octanol–water partition coefficient (Wildman–Crippen LogP) is -0.362. The number of hydrogen-bond donors (Lipinski definition) is 3. The molecule has 1 aromatic rings. The van der Waals surface area contributed by atoms with Crippen molar-refractivity contribution >= 4 is 17.5 Å². The van der Waals surface area contributed by atoms with E-state index in [9.17, 15) is 9.59 Å². The SMILES string of the molecule is CC(NC(=O)COc1ccccc1N)C(N)=O. The molecular formula is C11H15N3O3. The summed E-state index contributed by atoms with van der Waals surface area (Å²) in [4.78, 5) is 22.1. The largest absolute Gasteiger partial charge is 0.482 e. The summed E-state index contributed by atoms with van der Waals surface area (Å²) in [7, 11) is 0. The summed E-state index contributed by atoms with van der Waals surface area (Å²) in [6.45, 7) is 1.28. The number of nitrogens with one attached hydrogen (secondary N) is 1. The highest BCUT2D eigenvalue weighted by Crippen LogP contribution is 2.19. The van der Waals surface area contributed by atoms with E-state index in [1.165, 1.54) is 6.92 Å². The highest BCUT2D eigenvalue weighted by molar-refractivity contribution is 5.86. The van der Waals surface area contributed by atoms with E-state index in [2.05, 4.69) is 5.32 Å². The van der Waals surface area contributed by atoms with Crippen LogP contribution in [0.3, 0.4) is 0 Å². The predicted molar refractivity (Wildman–Crippen MR) is 63.1 cm³/mol. The minimum Gasteiger partial charge on any atom is -0.482 e. The van der Waals surface area contributed by atoms with Crippen molar-refractivity contribution in [2.45, 2.75) is 13.0 Å². The first-order valence-electron chi connectivity index (χ1n) is 5.06. The number of nitrogens with two attached hydrogens (primary N) is 2. The Kier molecular flexibility index (Phi) is 4.33. The minimum atomic E-state index is -0.723. The quantitative estimate of drug-likeness (QED) is 0.607. The molecule has 1 unspecified atom stereocenters. The lowest BCUT2D eigenvalue weighted by Gasteiger charge is -2.11. The molecule has 0 fully saturated rings. The summed E-state index contributed by atoms with van der Waals surface area (Å²) in [6.07, 6.45) is 0. The number of nitrogen functional groups attached to an aromatic ring is 1. The van der Waals surface area contributed by atoms with Gasteiger partial charge in [-0.25, -0.2) is 0 Å². The molecule has 6 heteroatoms. The van der Waals surface area contributed by atoms with Crippen molar-refractivity contribution in [2.75, 3.05) is 12.3 Å². The molecule has 0 aliphatic carbocycles. The standard InChI is InChI=1S/C11H15N3O3/c1-7(11(13)16)14-10(15)6-17-9-5-3-2-4-8(9)12/h2-5,7H,6,12H2,1H3,(H2,13,16)(H,14,15). The second-order valence-electron chi connectivity index (χ2n) is 3.52. The van der Waals surface area contributed by atoms with Crippen molar-refractivity contribution in [3.63, 3.8) is 0 Å². The van der Waals surface area contributed by atoms with Gasteiger partial charge in [-0.3, -0.25) is 9.59 Å². The molecule has 0 radical (unpaired) electrons. The van der Waals surface area contributed by atoms with Gasteiger partial charge in [-0.05, 0) is 19.1 Å². The monoisotopic (exact) mass is 237 g/mol. The van der Waals surface area contributed by atoms with E-state index in [1.807, 2.05) is 0 Å². The summed E-state index contributed by atoms with van der Waals surface area (Å²) in [5.41, 5.74) is 11.1. The minimum absolute atomic E-state index is 0.216. The molecule has 0 saturated carbocycles. The number of carbonyl (C=O) groups excluding carboxylic acids is 2. The number of benzene rings is 1. The number of anilines is 1. The highest BCUT2D eigenvalue weighted by Gasteiger charge is 2.12. The normalized spacial score (nSPS) is 11.6. The van der Waals surface area contributed by atoms with E-state index in [0.29, 0.717) is 11.4 Å². The van der Waals surface area contributed by atoms with Gasteiger partial charge in [0.15, 0.2) is 6.61 Å². The molecule has 1 aromatic carbocycles. The van der Waals surface area contributed by atoms with Crippen LogP contribution in [0.15, 0.2) is 24.3 Å². The smallest absolute Gasteiger partial charge is 0.258 e. The Morgan fingerprint density at radius 2 is 2.06 bits per heavy atom. The maximum atomic E-state index is 11.4. The lowest BCUT2D eigenvalue weighted by Crippen LogP contribution is -2.44. The van der Waals surface area contributed by atoms with Crippen LogP contribution in [0, 0.1) is 0 Å². The first-order chi connectivity index (χ1) is 8.00. The Labute approximate surface area is 98.9 Å². The Morgan fingerprint density at radius 1 is 1.41 bits per heavy atom. The molecule has 0 heterocycles. The van der Waals surface area contributed by atoms with Crippen molar-refractivity contribution in [1.29, 1.82) is 0 Å². The Hall–Kier alpha value is -2.24. The zero-order valence-corrected chi connectivity index (χ0v) is 9.47. The Bertz CT molecular complexity index is 420. The maximum Gasteiger partial charge on any atom is 0.258 e. The number of para-hydroxylation sites is 2. The number of carbonyl (C=O) groups is 2. The Balaban J connectivity index is 2.44. The summed E-state index contributed by atoms with van der Waals surface area (Å²) in [5, 5.41) is 2.39. The number of rotatable bonds is 5. The van der Waals surface area contributed by atoms with Crippen LogP contribution in [0.1, 0.15) is 6.92 Å². The molecule has 0 aliphatic rings. The molecule has 1 atom stereocenters. The molecule has 5 N–H and O–H groups in total. The number of primary amides is 1. The average Bonchev–Trinajstić information content (AvgIpc) is 2.27. The third-order valence-electron chi connectivity index (χ3n) is 2.08. The van der Waals surface area contributed by atoms with Gasteiger partial charge in [0, 0.05) is 0 Å². The van der Waals surface area contributed by atoms with Gasteiger partial charge in [-0.1, -0.05) is 12.1 Å². The van der Waals surface area contributed by atoms with Crippen LogP contribution in [0.4, 0.5) is 5.69 Å². The van der Waals surface area contributed by atoms with E-state index < -0.39 is 17.9 Å². The summed E-state index contributed by atoms with van der Waals surface area (Å²) in [5.74, 6) is -0.605. The fourth-order valence-corrected chi connectivity index (χ4v) is 1.11. The van der Waals surface area contributed by atoms with Gasteiger partial charge in [-0.2, -0.15) is 0 Å². The summed E-state index contributed by atoms with van der Waals surface area (Å²) < 4.78 is 5.19. The van der Waals surface area contributed by atoms with E-state index >= 15 is 0 Å². The molecule has 0 aliphatic heterocycles. The van der Waals surface area contributed by atoms with Crippen LogP contribution in [0.5, 0.6) is 5.75 Å². The van der Waals surface area contributed by atoms with E-state index in [4.69, 9.17) is 16.2 Å². The van der Waals surface area contributed by atoms with Crippen LogP contribution in [0.25, 0.3) is 0 Å².